The number of carbonyl (C=O) groups excluding carboxylic acids is 1. The molecule has 1 unspecified atom stereocenters. The number of hydrogen-bond donors (Lipinski definition) is 1. The molecule has 2 aromatic rings. The number of thiazole rings is 1. The standard InChI is InChI=1S/C18H20N2O2S2/c1-12(2)22-15-6-9-16(10-7-15)23-18-19-11-17(24-18)8-5-13(3)20-14(4)21/h6-7,9-13H,1-4H3,(H,20,21). The molecule has 0 saturated carbocycles. The maximum Gasteiger partial charge on any atom is 0.217 e. The maximum atomic E-state index is 11.0. The van der Waals surface area contributed by atoms with E-state index in [-0.39, 0.29) is 18.1 Å². The number of carbonyl (C=O) groups is 1. The summed E-state index contributed by atoms with van der Waals surface area (Å²) in [6.07, 6.45) is 1.93. The van der Waals surface area contributed by atoms with E-state index in [1.807, 2.05) is 45.0 Å². The summed E-state index contributed by atoms with van der Waals surface area (Å²) in [7, 11) is 0. The van der Waals surface area contributed by atoms with Crippen molar-refractivity contribution in [1.82, 2.24) is 10.3 Å². The molecule has 0 bridgehead atoms. The van der Waals surface area contributed by atoms with Crippen LogP contribution in [0.5, 0.6) is 5.75 Å². The molecule has 6 heteroatoms. The van der Waals surface area contributed by atoms with Crippen molar-refractivity contribution in [2.75, 3.05) is 0 Å². The molecule has 0 fully saturated rings. The highest BCUT2D eigenvalue weighted by molar-refractivity contribution is 8.01. The summed E-state index contributed by atoms with van der Waals surface area (Å²) in [5.41, 5.74) is 0. The lowest BCUT2D eigenvalue weighted by molar-refractivity contribution is -0.119. The summed E-state index contributed by atoms with van der Waals surface area (Å²) in [6.45, 7) is 7.35. The highest BCUT2D eigenvalue weighted by Crippen LogP contribution is 2.32. The van der Waals surface area contributed by atoms with Gasteiger partial charge in [0.2, 0.25) is 5.91 Å². The van der Waals surface area contributed by atoms with E-state index in [9.17, 15) is 4.79 Å². The Labute approximate surface area is 151 Å². The lowest BCUT2D eigenvalue weighted by Gasteiger charge is -2.09. The molecule has 0 saturated heterocycles. The first-order valence-electron chi connectivity index (χ1n) is 7.61. The number of benzene rings is 1. The number of aromatic nitrogens is 1. The van der Waals surface area contributed by atoms with Crippen LogP contribution in [0.4, 0.5) is 0 Å². The van der Waals surface area contributed by atoms with E-state index in [0.717, 1.165) is 19.9 Å². The number of nitrogens with one attached hydrogen (secondary N) is 1. The second-order valence-corrected chi connectivity index (χ2v) is 7.77. The zero-order valence-corrected chi connectivity index (χ0v) is 15.8. The summed E-state index contributed by atoms with van der Waals surface area (Å²) >= 11 is 3.13. The SMILES string of the molecule is CC(=O)NC(C)C#Cc1cnc(Sc2ccc(OC(C)C)cc2)s1. The van der Waals surface area contributed by atoms with E-state index in [4.69, 9.17) is 4.74 Å². The van der Waals surface area contributed by atoms with E-state index in [1.54, 1.807) is 18.0 Å². The minimum atomic E-state index is -0.172. The molecule has 2 rings (SSSR count). The van der Waals surface area contributed by atoms with Gasteiger partial charge in [-0.25, -0.2) is 4.98 Å². The average molecular weight is 361 g/mol. The molecule has 1 N–H and O–H groups in total. The van der Waals surface area contributed by atoms with Gasteiger partial charge in [0, 0.05) is 11.8 Å². The molecular formula is C18H20N2O2S2. The number of nitrogens with zero attached hydrogens (tertiary/aromatic N) is 1. The minimum absolute atomic E-state index is 0.0813. The number of ether oxygens (including phenoxy) is 1. The van der Waals surface area contributed by atoms with Crippen molar-refractivity contribution >= 4 is 29.0 Å². The number of hydrogen-bond acceptors (Lipinski definition) is 5. The van der Waals surface area contributed by atoms with Crippen LogP contribution in [0.15, 0.2) is 39.7 Å². The van der Waals surface area contributed by atoms with Crippen LogP contribution in [0.3, 0.4) is 0 Å². The molecule has 4 nitrogen and oxygen atoms in total. The molecule has 0 aliphatic heterocycles. The van der Waals surface area contributed by atoms with Gasteiger partial charge in [0.05, 0.1) is 23.2 Å². The Balaban J connectivity index is 1.96. The monoisotopic (exact) mass is 360 g/mol. The third kappa shape index (κ3) is 6.26. The quantitative estimate of drug-likeness (QED) is 0.820. The Morgan fingerprint density at radius 3 is 2.62 bits per heavy atom. The van der Waals surface area contributed by atoms with E-state index in [0.29, 0.717) is 0 Å². The van der Waals surface area contributed by atoms with Gasteiger partial charge < -0.3 is 10.1 Å². The lowest BCUT2D eigenvalue weighted by atomic mass is 10.3. The Morgan fingerprint density at radius 1 is 1.29 bits per heavy atom. The van der Waals surface area contributed by atoms with Crippen LogP contribution in [0, 0.1) is 11.8 Å². The van der Waals surface area contributed by atoms with Crippen LogP contribution >= 0.6 is 23.1 Å². The predicted molar refractivity (Wildman–Crippen MR) is 98.6 cm³/mol. The predicted octanol–water partition coefficient (Wildman–Crippen LogP) is 3.96. The van der Waals surface area contributed by atoms with Crippen molar-refractivity contribution in [1.29, 1.82) is 0 Å². The van der Waals surface area contributed by atoms with Gasteiger partial charge in [-0.3, -0.25) is 4.79 Å². The van der Waals surface area contributed by atoms with Gasteiger partial charge in [-0.2, -0.15) is 0 Å². The first-order chi connectivity index (χ1) is 11.4. The largest absolute Gasteiger partial charge is 0.491 e. The van der Waals surface area contributed by atoms with E-state index < -0.39 is 0 Å². The Morgan fingerprint density at radius 2 is 2.00 bits per heavy atom. The maximum absolute atomic E-state index is 11.0. The lowest BCUT2D eigenvalue weighted by Crippen LogP contribution is -2.28. The van der Waals surface area contributed by atoms with Crippen molar-refractivity contribution in [3.63, 3.8) is 0 Å². The van der Waals surface area contributed by atoms with Gasteiger partial charge >= 0.3 is 0 Å². The third-order valence-electron chi connectivity index (χ3n) is 2.72. The van der Waals surface area contributed by atoms with Crippen LogP contribution < -0.4 is 10.1 Å². The molecule has 0 aliphatic rings. The van der Waals surface area contributed by atoms with Gasteiger partial charge in [-0.05, 0) is 45.0 Å². The first kappa shape index (κ1) is 18.4. The Kier molecular flexibility index (Phi) is 6.71. The summed E-state index contributed by atoms with van der Waals surface area (Å²) in [4.78, 5) is 17.3. The number of amides is 1. The molecule has 1 aromatic heterocycles. The smallest absolute Gasteiger partial charge is 0.217 e. The summed E-state index contributed by atoms with van der Waals surface area (Å²) in [5.74, 6) is 6.83. The molecular weight excluding hydrogens is 340 g/mol. The van der Waals surface area contributed by atoms with Crippen molar-refractivity contribution < 1.29 is 9.53 Å². The van der Waals surface area contributed by atoms with Crippen molar-refractivity contribution in [2.45, 2.75) is 49.1 Å². The highest BCUT2D eigenvalue weighted by Gasteiger charge is 2.04. The highest BCUT2D eigenvalue weighted by atomic mass is 32.2. The molecule has 0 spiro atoms. The zero-order chi connectivity index (χ0) is 17.5. The molecule has 1 heterocycles. The first-order valence-corrected chi connectivity index (χ1v) is 9.24. The second-order valence-electron chi connectivity index (χ2n) is 5.42. The van der Waals surface area contributed by atoms with Gasteiger partial charge in [0.15, 0.2) is 4.34 Å². The van der Waals surface area contributed by atoms with Crippen LogP contribution in [0.25, 0.3) is 0 Å². The van der Waals surface area contributed by atoms with E-state index >= 15 is 0 Å². The Hall–Kier alpha value is -1.97. The fourth-order valence-corrected chi connectivity index (χ4v) is 3.66. The summed E-state index contributed by atoms with van der Waals surface area (Å²) in [5, 5.41) is 2.73. The minimum Gasteiger partial charge on any atom is -0.491 e. The van der Waals surface area contributed by atoms with E-state index in [2.05, 4.69) is 22.1 Å². The van der Waals surface area contributed by atoms with Gasteiger partial charge in [-0.1, -0.05) is 34.9 Å². The van der Waals surface area contributed by atoms with Crippen LogP contribution in [0.1, 0.15) is 32.6 Å². The van der Waals surface area contributed by atoms with Crippen LogP contribution in [-0.4, -0.2) is 23.0 Å². The second kappa shape index (κ2) is 8.76. The molecule has 24 heavy (non-hydrogen) atoms. The van der Waals surface area contributed by atoms with E-state index in [1.165, 1.54) is 18.3 Å². The molecule has 0 radical (unpaired) electrons. The summed E-state index contributed by atoms with van der Waals surface area (Å²) < 4.78 is 6.57. The summed E-state index contributed by atoms with van der Waals surface area (Å²) in [6, 6.07) is 7.80. The van der Waals surface area contributed by atoms with Crippen molar-refractivity contribution in [3.8, 4) is 17.6 Å². The number of rotatable bonds is 5. The fraction of sp³-hybridized carbons (Fsp3) is 0.333. The molecule has 126 valence electrons. The van der Waals surface area contributed by atoms with Gasteiger partial charge in [0.25, 0.3) is 0 Å². The van der Waals surface area contributed by atoms with Gasteiger partial charge in [0.1, 0.15) is 5.75 Å². The van der Waals surface area contributed by atoms with Crippen LogP contribution in [-0.2, 0) is 4.79 Å². The molecule has 0 aliphatic carbocycles. The fourth-order valence-electron chi connectivity index (χ4n) is 1.84. The normalized spacial score (nSPS) is 11.5. The zero-order valence-electron chi connectivity index (χ0n) is 14.1. The molecule has 1 amide bonds. The third-order valence-corrected chi connectivity index (χ3v) is 4.71. The molecule has 1 aromatic carbocycles. The Bertz CT molecular complexity index is 742. The van der Waals surface area contributed by atoms with Crippen molar-refractivity contribution in [3.05, 3.63) is 35.3 Å². The molecule has 1 atom stereocenters. The van der Waals surface area contributed by atoms with Crippen LogP contribution in [0.2, 0.25) is 0 Å². The van der Waals surface area contributed by atoms with Gasteiger partial charge in [-0.15, -0.1) is 0 Å². The topological polar surface area (TPSA) is 51.2 Å². The average Bonchev–Trinajstić information content (AvgIpc) is 2.93. The van der Waals surface area contributed by atoms with Crippen molar-refractivity contribution in [2.24, 2.45) is 0 Å².